The molecule has 20 heavy (non-hydrogen) atoms. The van der Waals surface area contributed by atoms with E-state index in [0.717, 1.165) is 23.3 Å². The van der Waals surface area contributed by atoms with Gasteiger partial charge >= 0.3 is 0 Å². The quantitative estimate of drug-likeness (QED) is 0.609. The maximum absolute atomic E-state index is 4.36. The van der Waals surface area contributed by atoms with Crippen LogP contribution in [0.2, 0.25) is 0 Å². The number of allylic oxidation sites excluding steroid dienone is 4. The number of rotatable bonds is 5. The van der Waals surface area contributed by atoms with Gasteiger partial charge in [0.05, 0.1) is 0 Å². The Bertz CT molecular complexity index is 582. The van der Waals surface area contributed by atoms with E-state index in [2.05, 4.69) is 64.0 Å². The fourth-order valence-electron chi connectivity index (χ4n) is 2.04. The first-order chi connectivity index (χ1) is 9.36. The van der Waals surface area contributed by atoms with Gasteiger partial charge in [0.25, 0.3) is 0 Å². The van der Waals surface area contributed by atoms with Crippen molar-refractivity contribution in [3.63, 3.8) is 0 Å². The van der Waals surface area contributed by atoms with Gasteiger partial charge in [-0.05, 0) is 56.4 Å². The average Bonchev–Trinajstić information content (AvgIpc) is 2.38. The predicted molar refractivity (Wildman–Crippen MR) is 92.1 cm³/mol. The van der Waals surface area contributed by atoms with Crippen LogP contribution in [0.25, 0.3) is 11.1 Å². The molecule has 0 fully saturated rings. The van der Waals surface area contributed by atoms with Crippen LogP contribution in [0.15, 0.2) is 47.6 Å². The van der Waals surface area contributed by atoms with E-state index in [-0.39, 0.29) is 0 Å². The first-order valence-electron chi connectivity index (χ1n) is 7.03. The lowest BCUT2D eigenvalue weighted by atomic mass is 9.91. The number of benzene rings is 1. The summed E-state index contributed by atoms with van der Waals surface area (Å²) in [5.74, 6) is 0. The molecule has 0 aliphatic rings. The molecule has 0 aromatic heterocycles. The fraction of sp³-hybridized carbons (Fsp3) is 0.316. The third-order valence-corrected chi connectivity index (χ3v) is 3.19. The summed E-state index contributed by atoms with van der Waals surface area (Å²) in [6, 6.07) is 6.59. The summed E-state index contributed by atoms with van der Waals surface area (Å²) in [6.45, 7) is 18.3. The number of aryl methyl sites for hydroxylation is 1. The van der Waals surface area contributed by atoms with E-state index >= 15 is 0 Å². The van der Waals surface area contributed by atoms with Gasteiger partial charge in [0.15, 0.2) is 0 Å². The van der Waals surface area contributed by atoms with E-state index in [1.807, 2.05) is 13.1 Å². The van der Waals surface area contributed by atoms with Crippen LogP contribution in [0.5, 0.6) is 0 Å². The smallest absolute Gasteiger partial charge is 0.0348 e. The Morgan fingerprint density at radius 3 is 2.20 bits per heavy atom. The van der Waals surface area contributed by atoms with E-state index in [0.29, 0.717) is 0 Å². The monoisotopic (exact) mass is 267 g/mol. The third kappa shape index (κ3) is 4.06. The SMILES string of the molecule is C=C(C)N=CC(=C(C)C)c1ccc(CC)cc1C(=C)C. The largest absolute Gasteiger partial charge is 0.262 e. The molecule has 0 saturated carbocycles. The second-order valence-corrected chi connectivity index (χ2v) is 5.42. The minimum absolute atomic E-state index is 0.811. The Labute approximate surface area is 123 Å². The van der Waals surface area contributed by atoms with Gasteiger partial charge < -0.3 is 0 Å². The van der Waals surface area contributed by atoms with Crippen molar-refractivity contribution in [3.8, 4) is 0 Å². The zero-order valence-electron chi connectivity index (χ0n) is 13.4. The molecule has 0 saturated heterocycles. The molecule has 1 heteroatoms. The topological polar surface area (TPSA) is 12.4 Å². The maximum atomic E-state index is 4.36. The average molecular weight is 267 g/mol. The molecule has 0 amide bonds. The zero-order valence-corrected chi connectivity index (χ0v) is 13.4. The number of hydrogen-bond donors (Lipinski definition) is 0. The van der Waals surface area contributed by atoms with E-state index < -0.39 is 0 Å². The van der Waals surface area contributed by atoms with Crippen molar-refractivity contribution in [1.29, 1.82) is 0 Å². The minimum Gasteiger partial charge on any atom is -0.262 e. The van der Waals surface area contributed by atoms with Crippen LogP contribution in [0.1, 0.15) is 51.3 Å². The van der Waals surface area contributed by atoms with Gasteiger partial charge in [-0.25, -0.2) is 0 Å². The number of hydrogen-bond acceptors (Lipinski definition) is 1. The predicted octanol–water partition coefficient (Wildman–Crippen LogP) is 5.68. The molecule has 0 spiro atoms. The summed E-state index contributed by atoms with van der Waals surface area (Å²) >= 11 is 0. The lowest BCUT2D eigenvalue weighted by molar-refractivity contribution is 1.13. The normalized spacial score (nSPS) is 10.7. The maximum Gasteiger partial charge on any atom is 0.0348 e. The van der Waals surface area contributed by atoms with E-state index in [4.69, 9.17) is 0 Å². The van der Waals surface area contributed by atoms with E-state index in [9.17, 15) is 0 Å². The standard InChI is InChI=1S/C19H25N/c1-8-16-9-10-17(18(11-16)13(2)3)19(14(4)5)12-20-15(6)7/h9-12H,2,6,8H2,1,3-5,7H3. The highest BCUT2D eigenvalue weighted by Gasteiger charge is 2.09. The summed E-state index contributed by atoms with van der Waals surface area (Å²) in [4.78, 5) is 4.36. The van der Waals surface area contributed by atoms with Crippen LogP contribution in [-0.4, -0.2) is 6.21 Å². The van der Waals surface area contributed by atoms with Crippen LogP contribution >= 0.6 is 0 Å². The molecule has 1 aromatic rings. The van der Waals surface area contributed by atoms with Crippen molar-refractivity contribution in [1.82, 2.24) is 0 Å². The molecule has 0 bridgehead atoms. The third-order valence-electron chi connectivity index (χ3n) is 3.19. The summed E-state index contributed by atoms with van der Waals surface area (Å²) in [6.07, 6.45) is 2.94. The Hall–Kier alpha value is -1.89. The van der Waals surface area contributed by atoms with Crippen molar-refractivity contribution >= 4 is 17.4 Å². The van der Waals surface area contributed by atoms with Gasteiger partial charge in [0.2, 0.25) is 0 Å². The highest BCUT2D eigenvalue weighted by Crippen LogP contribution is 2.27. The number of nitrogens with zero attached hydrogens (tertiary/aromatic N) is 1. The van der Waals surface area contributed by atoms with Crippen molar-refractivity contribution in [3.05, 3.63) is 59.3 Å². The summed E-state index contributed by atoms with van der Waals surface area (Å²) in [5.41, 5.74) is 8.00. The van der Waals surface area contributed by atoms with Crippen molar-refractivity contribution in [2.75, 3.05) is 0 Å². The fourth-order valence-corrected chi connectivity index (χ4v) is 2.04. The number of aliphatic imine (C=N–C) groups is 1. The molecule has 1 aromatic carbocycles. The highest BCUT2D eigenvalue weighted by atomic mass is 14.7. The Balaban J connectivity index is 3.46. The molecule has 0 radical (unpaired) electrons. The molecule has 0 N–H and O–H groups in total. The first kappa shape index (κ1) is 16.2. The van der Waals surface area contributed by atoms with E-state index in [1.54, 1.807) is 0 Å². The molecule has 1 rings (SSSR count). The second-order valence-electron chi connectivity index (χ2n) is 5.42. The molecule has 106 valence electrons. The van der Waals surface area contributed by atoms with Crippen molar-refractivity contribution < 1.29 is 0 Å². The minimum atomic E-state index is 0.811. The molecule has 0 unspecified atom stereocenters. The Morgan fingerprint density at radius 2 is 1.75 bits per heavy atom. The van der Waals surface area contributed by atoms with Gasteiger partial charge in [0, 0.05) is 11.9 Å². The lowest BCUT2D eigenvalue weighted by Gasteiger charge is -2.13. The van der Waals surface area contributed by atoms with Crippen molar-refractivity contribution in [2.24, 2.45) is 4.99 Å². The Kier molecular flexibility index (Phi) is 5.69. The lowest BCUT2D eigenvalue weighted by Crippen LogP contribution is -1.97. The second kappa shape index (κ2) is 7.04. The summed E-state index contributed by atoms with van der Waals surface area (Å²) in [7, 11) is 0. The van der Waals surface area contributed by atoms with Gasteiger partial charge in [-0.2, -0.15) is 0 Å². The zero-order chi connectivity index (χ0) is 15.3. The van der Waals surface area contributed by atoms with Crippen LogP contribution in [0, 0.1) is 0 Å². The molecule has 0 aliphatic heterocycles. The van der Waals surface area contributed by atoms with Gasteiger partial charge in [0.1, 0.15) is 0 Å². The summed E-state index contributed by atoms with van der Waals surface area (Å²) in [5, 5.41) is 0. The van der Waals surface area contributed by atoms with Gasteiger partial charge in [-0.3, -0.25) is 4.99 Å². The molecule has 0 heterocycles. The molecule has 0 aliphatic carbocycles. The van der Waals surface area contributed by atoms with Crippen molar-refractivity contribution in [2.45, 2.75) is 41.0 Å². The first-order valence-corrected chi connectivity index (χ1v) is 7.03. The molecular formula is C19H25N. The molecule has 1 nitrogen and oxygen atoms in total. The van der Waals surface area contributed by atoms with Gasteiger partial charge in [-0.1, -0.05) is 49.4 Å². The van der Waals surface area contributed by atoms with Crippen LogP contribution in [0.3, 0.4) is 0 Å². The van der Waals surface area contributed by atoms with Crippen LogP contribution < -0.4 is 0 Å². The van der Waals surface area contributed by atoms with Gasteiger partial charge in [-0.15, -0.1) is 0 Å². The Morgan fingerprint density at radius 1 is 1.10 bits per heavy atom. The molecular weight excluding hydrogens is 242 g/mol. The van der Waals surface area contributed by atoms with Crippen LogP contribution in [0.4, 0.5) is 0 Å². The van der Waals surface area contributed by atoms with E-state index in [1.165, 1.54) is 22.3 Å². The molecule has 0 atom stereocenters. The van der Waals surface area contributed by atoms with Crippen LogP contribution in [-0.2, 0) is 6.42 Å². The summed E-state index contributed by atoms with van der Waals surface area (Å²) < 4.78 is 0. The highest BCUT2D eigenvalue weighted by molar-refractivity contribution is 6.12.